The number of aliphatic hydroxyl groups is 1. The lowest BCUT2D eigenvalue weighted by Gasteiger charge is -2.61. The van der Waals surface area contributed by atoms with Crippen molar-refractivity contribution in [3.63, 3.8) is 0 Å². The van der Waals surface area contributed by atoms with E-state index >= 15 is 0 Å². The molecule has 2 bridgehead atoms. The Kier molecular flexibility index (Phi) is 6.15. The third-order valence-electron chi connectivity index (χ3n) is 9.03. The predicted molar refractivity (Wildman–Crippen MR) is 139 cm³/mol. The second-order valence-electron chi connectivity index (χ2n) is 11.2. The summed E-state index contributed by atoms with van der Waals surface area (Å²) in [4.78, 5) is 39.6. The molecule has 6 atom stereocenters. The average Bonchev–Trinajstić information content (AvgIpc) is 3.29. The quantitative estimate of drug-likeness (QED) is 0.441. The first kappa shape index (κ1) is 26.3. The van der Waals surface area contributed by atoms with Gasteiger partial charge in [0.15, 0.2) is 17.6 Å². The van der Waals surface area contributed by atoms with Crippen LogP contribution in [0.2, 0.25) is 0 Å². The molecule has 210 valence electrons. The Balaban J connectivity index is 1.34. The highest BCUT2D eigenvalue weighted by Crippen LogP contribution is 2.65. The number of hydrogen-bond donors (Lipinski definition) is 3. The molecule has 0 saturated carbocycles. The van der Waals surface area contributed by atoms with Gasteiger partial charge in [-0.2, -0.15) is 0 Å². The number of carboxylic acid groups (broad SMARTS) is 1. The smallest absolute Gasteiger partial charge is 0.357 e. The Morgan fingerprint density at radius 2 is 1.93 bits per heavy atom. The van der Waals surface area contributed by atoms with Gasteiger partial charge in [-0.15, -0.1) is 0 Å². The number of carbonyl (C=O) groups excluding carboxylic acids is 2. The maximum Gasteiger partial charge on any atom is 0.357 e. The second kappa shape index (κ2) is 9.35. The normalized spacial score (nSPS) is 29.3. The van der Waals surface area contributed by atoms with Crippen molar-refractivity contribution in [2.75, 3.05) is 13.6 Å². The van der Waals surface area contributed by atoms with Crippen molar-refractivity contribution in [1.82, 2.24) is 4.90 Å². The van der Waals surface area contributed by atoms with Gasteiger partial charge in [0.05, 0.1) is 23.4 Å². The van der Waals surface area contributed by atoms with Crippen molar-refractivity contribution in [3.05, 3.63) is 71.0 Å². The summed E-state index contributed by atoms with van der Waals surface area (Å²) in [6, 6.07) is 11.6. The van der Waals surface area contributed by atoms with Gasteiger partial charge < -0.3 is 34.4 Å². The molecular formula is C30H31NO9. The summed E-state index contributed by atoms with van der Waals surface area (Å²) in [6.45, 7) is 2.05. The van der Waals surface area contributed by atoms with E-state index in [2.05, 4.69) is 4.90 Å². The van der Waals surface area contributed by atoms with Crippen LogP contribution in [0.3, 0.4) is 0 Å². The predicted octanol–water partition coefficient (Wildman–Crippen LogP) is 2.61. The van der Waals surface area contributed by atoms with Crippen LogP contribution in [0, 0.1) is 5.92 Å². The third-order valence-corrected chi connectivity index (χ3v) is 9.03. The summed E-state index contributed by atoms with van der Waals surface area (Å²) in [5.41, 5.74) is -0.0494. The van der Waals surface area contributed by atoms with E-state index in [1.165, 1.54) is 6.92 Å². The molecule has 6 rings (SSSR count). The summed E-state index contributed by atoms with van der Waals surface area (Å²) in [6.07, 6.45) is 0.220. The largest absolute Gasteiger partial charge is 0.504 e. The molecule has 1 fully saturated rings. The minimum absolute atomic E-state index is 0.0448. The zero-order chi connectivity index (χ0) is 28.4. The van der Waals surface area contributed by atoms with Crippen molar-refractivity contribution < 1.29 is 43.9 Å². The first-order valence-corrected chi connectivity index (χ1v) is 13.4. The summed E-state index contributed by atoms with van der Waals surface area (Å²) < 4.78 is 17.7. The number of aromatic hydroxyl groups is 1. The topological polar surface area (TPSA) is 143 Å². The lowest BCUT2D eigenvalue weighted by atomic mass is 9.50. The van der Waals surface area contributed by atoms with Crippen molar-refractivity contribution in [2.24, 2.45) is 5.92 Å². The van der Waals surface area contributed by atoms with E-state index in [1.54, 1.807) is 42.5 Å². The van der Waals surface area contributed by atoms with Crippen LogP contribution in [-0.4, -0.2) is 69.5 Å². The molecule has 2 heterocycles. The van der Waals surface area contributed by atoms with E-state index in [4.69, 9.17) is 14.2 Å². The lowest BCUT2D eigenvalue weighted by Crippen LogP contribution is -2.74. The molecular weight excluding hydrogens is 518 g/mol. The van der Waals surface area contributed by atoms with Crippen LogP contribution in [0.15, 0.2) is 54.3 Å². The van der Waals surface area contributed by atoms with E-state index in [0.29, 0.717) is 30.7 Å². The van der Waals surface area contributed by atoms with Crippen LogP contribution in [0.1, 0.15) is 49.0 Å². The number of phenols is 1. The number of esters is 2. The van der Waals surface area contributed by atoms with Gasteiger partial charge in [0.25, 0.3) is 0 Å². The Labute approximate surface area is 230 Å². The fourth-order valence-corrected chi connectivity index (χ4v) is 7.00. The number of carbonyl (C=O) groups is 3. The van der Waals surface area contributed by atoms with Gasteiger partial charge in [0, 0.05) is 23.6 Å². The Morgan fingerprint density at radius 3 is 2.65 bits per heavy atom. The summed E-state index contributed by atoms with van der Waals surface area (Å²) in [5.74, 6) is -3.45. The molecule has 0 amide bonds. The zero-order valence-electron chi connectivity index (χ0n) is 22.2. The Bertz CT molecular complexity index is 1420. The summed E-state index contributed by atoms with van der Waals surface area (Å²) in [7, 11) is 1.98. The molecule has 40 heavy (non-hydrogen) atoms. The van der Waals surface area contributed by atoms with E-state index < -0.39 is 53.5 Å². The number of ether oxygens (including phenoxy) is 3. The minimum Gasteiger partial charge on any atom is -0.504 e. The number of aliphatic carboxylic acids is 1. The second-order valence-corrected chi connectivity index (χ2v) is 11.2. The van der Waals surface area contributed by atoms with Crippen LogP contribution in [0.5, 0.6) is 11.5 Å². The number of rotatable bonds is 7. The number of piperidine rings is 1. The maximum absolute atomic E-state index is 13.6. The number of likely N-dealkylation sites (N-methyl/N-ethyl adjacent to an activating group) is 1. The Morgan fingerprint density at radius 1 is 1.18 bits per heavy atom. The van der Waals surface area contributed by atoms with E-state index in [9.17, 15) is 29.7 Å². The third kappa shape index (κ3) is 3.73. The highest BCUT2D eigenvalue weighted by atomic mass is 16.6. The van der Waals surface area contributed by atoms with Crippen LogP contribution < -0.4 is 4.74 Å². The number of benzene rings is 2. The van der Waals surface area contributed by atoms with Gasteiger partial charge >= 0.3 is 17.9 Å². The molecule has 0 radical (unpaired) electrons. The number of likely N-dealkylation sites (tertiary alicyclic amines) is 1. The average molecular weight is 550 g/mol. The molecule has 2 aliphatic carbocycles. The highest BCUT2D eigenvalue weighted by molar-refractivity contribution is 5.83. The number of carboxylic acids is 1. The first-order valence-electron chi connectivity index (χ1n) is 13.4. The van der Waals surface area contributed by atoms with Gasteiger partial charge in [-0.25, -0.2) is 4.79 Å². The number of phenolic OH excluding ortho intramolecular Hbond substituents is 1. The van der Waals surface area contributed by atoms with Crippen molar-refractivity contribution in [3.8, 4) is 11.5 Å². The molecule has 0 aromatic heterocycles. The summed E-state index contributed by atoms with van der Waals surface area (Å²) >= 11 is 0. The van der Waals surface area contributed by atoms with E-state index in [0.717, 1.165) is 11.1 Å². The number of hydrogen-bond acceptors (Lipinski definition) is 9. The zero-order valence-corrected chi connectivity index (χ0v) is 22.2. The van der Waals surface area contributed by atoms with Crippen LogP contribution in [0.25, 0.3) is 0 Å². The lowest BCUT2D eigenvalue weighted by molar-refractivity contribution is -0.177. The van der Waals surface area contributed by atoms with Gasteiger partial charge in [-0.3, -0.25) is 9.59 Å². The van der Waals surface area contributed by atoms with E-state index in [-0.39, 0.29) is 24.0 Å². The van der Waals surface area contributed by atoms with E-state index in [1.807, 2.05) is 13.1 Å². The molecule has 10 nitrogen and oxygen atoms in total. The SMILES string of the molecule is C[C@@H](CC(=O)O[C@H](C(=O)OC1=CC[C@@]2(O)[C@H]3Cc4ccc(O)c5c4[C@@]2(CCN3C)[C@H]1O5)c1ccccc1)C(=O)O. The highest BCUT2D eigenvalue weighted by Gasteiger charge is 2.72. The van der Waals surface area contributed by atoms with Gasteiger partial charge in [0.1, 0.15) is 5.76 Å². The molecule has 4 aliphatic rings. The molecule has 3 N–H and O–H groups in total. The van der Waals surface area contributed by atoms with Crippen molar-refractivity contribution in [1.29, 1.82) is 0 Å². The fraction of sp³-hybridized carbons (Fsp3) is 0.433. The monoisotopic (exact) mass is 549 g/mol. The van der Waals surface area contributed by atoms with Crippen molar-refractivity contribution in [2.45, 2.75) is 61.9 Å². The van der Waals surface area contributed by atoms with Crippen LogP contribution >= 0.6 is 0 Å². The standard InChI is InChI=1S/C30H31NO9/c1-16(27(34)35)14-22(33)39-24(17-6-4-3-5-7-17)28(36)38-20-10-11-30(37)21-15-18-8-9-19(32)25-23(18)29(30,26(20)40-25)12-13-31(21)2/h3-10,16,21,24,26,32,37H,11-15H2,1-2H3,(H,34,35)/t16-,21+,24-,26-,29-,30+/m0/s1. The molecule has 1 spiro atoms. The van der Waals surface area contributed by atoms with Crippen LogP contribution in [0.4, 0.5) is 0 Å². The molecule has 10 heteroatoms. The molecule has 2 aliphatic heterocycles. The van der Waals surface area contributed by atoms with Gasteiger partial charge in [0.2, 0.25) is 6.10 Å². The maximum atomic E-state index is 13.6. The number of nitrogens with zero attached hydrogens (tertiary/aromatic N) is 1. The van der Waals surface area contributed by atoms with Crippen molar-refractivity contribution >= 4 is 17.9 Å². The van der Waals surface area contributed by atoms with Crippen LogP contribution in [-0.2, 0) is 35.7 Å². The molecule has 0 unspecified atom stereocenters. The first-order chi connectivity index (χ1) is 19.1. The minimum atomic E-state index is -1.45. The molecule has 2 aromatic rings. The summed E-state index contributed by atoms with van der Waals surface area (Å²) in [5, 5.41) is 32.1. The molecule has 2 aromatic carbocycles. The van der Waals surface area contributed by atoms with Gasteiger partial charge in [-0.05, 0) is 44.1 Å². The Hall–Kier alpha value is -3.89. The molecule has 1 saturated heterocycles. The fourth-order valence-electron chi connectivity index (χ4n) is 7.00. The van der Waals surface area contributed by atoms with Gasteiger partial charge in [-0.1, -0.05) is 43.3 Å².